The molecule has 0 fully saturated rings. The van der Waals surface area contributed by atoms with Crippen molar-refractivity contribution in [1.82, 2.24) is 0 Å². The second kappa shape index (κ2) is 3.76. The summed E-state index contributed by atoms with van der Waals surface area (Å²) < 4.78 is 12.9. The van der Waals surface area contributed by atoms with Crippen LogP contribution in [0.25, 0.3) is 0 Å². The molecule has 0 N–H and O–H groups in total. The Balaban J connectivity index is 3.43. The molecule has 0 aliphatic carbocycles. The average molecular weight is 211 g/mol. The number of nitrogens with zero attached hydrogens (tertiary/aromatic N) is 1. The summed E-state index contributed by atoms with van der Waals surface area (Å²) in [6.07, 6.45) is 0.564. The summed E-state index contributed by atoms with van der Waals surface area (Å²) in [6.45, 7) is 3.00. The van der Waals surface area contributed by atoms with E-state index >= 15 is 0 Å². The second-order valence-electron chi connectivity index (χ2n) is 3.76. The van der Waals surface area contributed by atoms with E-state index in [0.29, 0.717) is 6.29 Å². The smallest absolute Gasteiger partial charge is 0.273 e. The Morgan fingerprint density at radius 2 is 2.07 bits per heavy atom. The van der Waals surface area contributed by atoms with Crippen molar-refractivity contribution in [2.24, 2.45) is 0 Å². The number of nitro groups is 1. The van der Waals surface area contributed by atoms with Crippen LogP contribution in [0.2, 0.25) is 0 Å². The third-order valence-corrected chi connectivity index (χ3v) is 2.14. The van der Waals surface area contributed by atoms with Crippen molar-refractivity contribution in [3.8, 4) is 0 Å². The fourth-order valence-corrected chi connectivity index (χ4v) is 1.25. The zero-order chi connectivity index (χ0) is 11.6. The van der Waals surface area contributed by atoms with Crippen LogP contribution in [0.5, 0.6) is 0 Å². The first-order valence-electron chi connectivity index (χ1n) is 4.29. The SMILES string of the molecule is CC(C)(C=O)c1cc(F)ccc1[N+](=O)[O-]. The number of hydrogen-bond acceptors (Lipinski definition) is 3. The Morgan fingerprint density at radius 3 is 2.53 bits per heavy atom. The fourth-order valence-electron chi connectivity index (χ4n) is 1.25. The number of hydrogen-bond donors (Lipinski definition) is 0. The third kappa shape index (κ3) is 2.18. The van der Waals surface area contributed by atoms with Gasteiger partial charge in [0.15, 0.2) is 0 Å². The highest BCUT2D eigenvalue weighted by Gasteiger charge is 2.28. The molecule has 0 spiro atoms. The van der Waals surface area contributed by atoms with Crippen LogP contribution in [-0.4, -0.2) is 11.2 Å². The van der Waals surface area contributed by atoms with Gasteiger partial charge in [0.1, 0.15) is 12.1 Å². The molecule has 0 aliphatic rings. The molecule has 0 amide bonds. The predicted molar refractivity (Wildman–Crippen MR) is 52.1 cm³/mol. The normalized spacial score (nSPS) is 11.1. The van der Waals surface area contributed by atoms with Crippen LogP contribution < -0.4 is 0 Å². The number of aldehydes is 1. The lowest BCUT2D eigenvalue weighted by Gasteiger charge is -2.16. The summed E-state index contributed by atoms with van der Waals surface area (Å²) >= 11 is 0. The summed E-state index contributed by atoms with van der Waals surface area (Å²) in [5, 5.41) is 10.7. The summed E-state index contributed by atoms with van der Waals surface area (Å²) in [7, 11) is 0. The van der Waals surface area contributed by atoms with Crippen LogP contribution in [0.1, 0.15) is 19.4 Å². The fraction of sp³-hybridized carbons (Fsp3) is 0.300. The van der Waals surface area contributed by atoms with Crippen molar-refractivity contribution in [2.45, 2.75) is 19.3 Å². The minimum atomic E-state index is -1.06. The van der Waals surface area contributed by atoms with E-state index in [1.54, 1.807) is 0 Å². The van der Waals surface area contributed by atoms with Crippen LogP contribution in [0, 0.1) is 15.9 Å². The minimum absolute atomic E-state index is 0.0856. The highest BCUT2D eigenvalue weighted by molar-refractivity contribution is 5.70. The van der Waals surface area contributed by atoms with E-state index in [-0.39, 0.29) is 11.3 Å². The van der Waals surface area contributed by atoms with Gasteiger partial charge in [-0.15, -0.1) is 0 Å². The van der Waals surface area contributed by atoms with Gasteiger partial charge in [0.2, 0.25) is 0 Å². The first-order valence-corrected chi connectivity index (χ1v) is 4.29. The van der Waals surface area contributed by atoms with Gasteiger partial charge in [-0.3, -0.25) is 10.1 Å². The van der Waals surface area contributed by atoms with Crippen molar-refractivity contribution in [3.63, 3.8) is 0 Å². The van der Waals surface area contributed by atoms with E-state index in [1.807, 2.05) is 0 Å². The van der Waals surface area contributed by atoms with Crippen molar-refractivity contribution in [2.75, 3.05) is 0 Å². The largest absolute Gasteiger partial charge is 0.302 e. The standard InChI is InChI=1S/C10H10FNO3/c1-10(2,6-13)8-5-7(11)3-4-9(8)12(14)15/h3-6H,1-2H3. The molecule has 1 aromatic rings. The first-order chi connectivity index (χ1) is 6.88. The van der Waals surface area contributed by atoms with E-state index in [2.05, 4.69) is 0 Å². The van der Waals surface area contributed by atoms with Gasteiger partial charge in [-0.05, 0) is 26.0 Å². The first kappa shape index (κ1) is 11.3. The van der Waals surface area contributed by atoms with Gasteiger partial charge in [-0.25, -0.2) is 4.39 Å². The zero-order valence-corrected chi connectivity index (χ0v) is 8.36. The van der Waals surface area contributed by atoms with Gasteiger partial charge < -0.3 is 4.79 Å². The lowest BCUT2D eigenvalue weighted by molar-refractivity contribution is -0.385. The molecule has 0 aromatic heterocycles. The summed E-state index contributed by atoms with van der Waals surface area (Å²) in [5.41, 5.74) is -1.22. The lowest BCUT2D eigenvalue weighted by atomic mass is 9.85. The van der Waals surface area contributed by atoms with Crippen molar-refractivity contribution >= 4 is 12.0 Å². The molecule has 0 heterocycles. The van der Waals surface area contributed by atoms with Gasteiger partial charge in [0.05, 0.1) is 10.3 Å². The van der Waals surface area contributed by atoms with Crippen molar-refractivity contribution in [3.05, 3.63) is 39.7 Å². The number of halogens is 1. The van der Waals surface area contributed by atoms with Crippen molar-refractivity contribution < 1.29 is 14.1 Å². The summed E-state index contributed by atoms with van der Waals surface area (Å²) in [4.78, 5) is 20.8. The van der Waals surface area contributed by atoms with Crippen LogP contribution >= 0.6 is 0 Å². The van der Waals surface area contributed by atoms with Gasteiger partial charge >= 0.3 is 0 Å². The van der Waals surface area contributed by atoms with E-state index in [4.69, 9.17) is 0 Å². The third-order valence-electron chi connectivity index (χ3n) is 2.14. The van der Waals surface area contributed by atoms with Crippen molar-refractivity contribution in [1.29, 1.82) is 0 Å². The number of carbonyl (C=O) groups is 1. The Labute approximate surface area is 85.9 Å². The Bertz CT molecular complexity index is 415. The molecule has 0 saturated carbocycles. The highest BCUT2D eigenvalue weighted by Crippen LogP contribution is 2.30. The quantitative estimate of drug-likeness (QED) is 0.437. The highest BCUT2D eigenvalue weighted by atomic mass is 19.1. The van der Waals surface area contributed by atoms with Gasteiger partial charge in [0.25, 0.3) is 5.69 Å². The van der Waals surface area contributed by atoms with Crippen LogP contribution in [0.4, 0.5) is 10.1 Å². The van der Waals surface area contributed by atoms with Gasteiger partial charge in [-0.2, -0.15) is 0 Å². The number of nitro benzene ring substituents is 1. The molecule has 0 bridgehead atoms. The maximum Gasteiger partial charge on any atom is 0.273 e. The maximum absolute atomic E-state index is 12.9. The number of carbonyl (C=O) groups excluding carboxylic acids is 1. The Hall–Kier alpha value is -1.78. The molecule has 80 valence electrons. The van der Waals surface area contributed by atoms with Gasteiger partial charge in [0, 0.05) is 11.6 Å². The second-order valence-corrected chi connectivity index (χ2v) is 3.76. The minimum Gasteiger partial charge on any atom is -0.302 e. The molecule has 0 radical (unpaired) electrons. The molecule has 15 heavy (non-hydrogen) atoms. The molecule has 5 heteroatoms. The zero-order valence-electron chi connectivity index (χ0n) is 8.36. The predicted octanol–water partition coefficient (Wildman–Crippen LogP) is 2.21. The molecule has 0 unspecified atom stereocenters. The van der Waals surface area contributed by atoms with Gasteiger partial charge in [-0.1, -0.05) is 0 Å². The molecular formula is C10H10FNO3. The monoisotopic (exact) mass is 211 g/mol. The van der Waals surface area contributed by atoms with E-state index < -0.39 is 16.2 Å². The Morgan fingerprint density at radius 1 is 1.47 bits per heavy atom. The molecule has 0 atom stereocenters. The van der Waals surface area contributed by atoms with E-state index in [0.717, 1.165) is 18.2 Å². The lowest BCUT2D eigenvalue weighted by Crippen LogP contribution is -2.20. The van der Waals surface area contributed by atoms with E-state index in [9.17, 15) is 19.3 Å². The van der Waals surface area contributed by atoms with E-state index in [1.165, 1.54) is 13.8 Å². The molecule has 4 nitrogen and oxygen atoms in total. The topological polar surface area (TPSA) is 60.2 Å². The van der Waals surface area contributed by atoms with Crippen LogP contribution in [0.15, 0.2) is 18.2 Å². The molecule has 0 aliphatic heterocycles. The maximum atomic E-state index is 12.9. The number of rotatable bonds is 3. The Kier molecular flexibility index (Phi) is 2.83. The molecule has 1 rings (SSSR count). The summed E-state index contributed by atoms with van der Waals surface area (Å²) in [6, 6.07) is 3.09. The van der Waals surface area contributed by atoms with Crippen LogP contribution in [-0.2, 0) is 10.2 Å². The molecule has 0 saturated heterocycles. The summed E-state index contributed by atoms with van der Waals surface area (Å²) in [5.74, 6) is -0.592. The average Bonchev–Trinajstić information content (AvgIpc) is 2.17. The number of benzene rings is 1. The molecular weight excluding hydrogens is 201 g/mol. The molecule has 1 aromatic carbocycles. The van der Waals surface area contributed by atoms with Crippen LogP contribution in [0.3, 0.4) is 0 Å².